The first-order valence-corrected chi connectivity index (χ1v) is 9.59. The molecule has 0 amide bonds. The second kappa shape index (κ2) is 6.81. The van der Waals surface area contributed by atoms with Gasteiger partial charge in [0.25, 0.3) is 0 Å². The van der Waals surface area contributed by atoms with Crippen LogP contribution in [0, 0.1) is 5.82 Å². The molecule has 0 spiro atoms. The van der Waals surface area contributed by atoms with E-state index in [4.69, 9.17) is 0 Å². The lowest BCUT2D eigenvalue weighted by molar-refractivity contribution is 0.628. The van der Waals surface area contributed by atoms with Crippen LogP contribution in [0.15, 0.2) is 73.7 Å². The summed E-state index contributed by atoms with van der Waals surface area (Å²) in [4.78, 5) is 20.4. The zero-order valence-corrected chi connectivity index (χ0v) is 16.0. The molecule has 6 rings (SSSR count). The highest BCUT2D eigenvalue weighted by molar-refractivity contribution is 6.00. The lowest BCUT2D eigenvalue weighted by atomic mass is 10.0. The van der Waals surface area contributed by atoms with Crippen LogP contribution in [0.4, 0.5) is 4.39 Å². The Balaban J connectivity index is 1.52. The summed E-state index contributed by atoms with van der Waals surface area (Å²) in [5.41, 5.74) is 6.46. The van der Waals surface area contributed by atoms with E-state index in [1.54, 1.807) is 37.1 Å². The number of aromatic nitrogens is 7. The smallest absolute Gasteiger partial charge is 0.155 e. The van der Waals surface area contributed by atoms with Crippen LogP contribution in [0.5, 0.6) is 0 Å². The molecule has 0 aliphatic carbocycles. The quantitative estimate of drug-likeness (QED) is 0.441. The summed E-state index contributed by atoms with van der Waals surface area (Å²) in [5, 5.41) is 9.27. The van der Waals surface area contributed by atoms with E-state index in [9.17, 15) is 4.39 Å². The van der Waals surface area contributed by atoms with Crippen LogP contribution in [0.2, 0.25) is 0 Å². The Hall–Kier alpha value is -4.46. The van der Waals surface area contributed by atoms with Gasteiger partial charge in [0.2, 0.25) is 0 Å². The molecule has 0 aliphatic rings. The summed E-state index contributed by atoms with van der Waals surface area (Å²) in [5.74, 6) is -0.285. The third kappa shape index (κ3) is 2.93. The van der Waals surface area contributed by atoms with Crippen molar-refractivity contribution >= 4 is 21.9 Å². The van der Waals surface area contributed by atoms with Crippen LogP contribution in [0.25, 0.3) is 55.6 Å². The Morgan fingerprint density at radius 3 is 2.55 bits per heavy atom. The number of hydrogen-bond acceptors (Lipinski definition) is 5. The van der Waals surface area contributed by atoms with E-state index in [2.05, 4.69) is 35.1 Å². The van der Waals surface area contributed by atoms with Crippen LogP contribution in [-0.4, -0.2) is 35.1 Å². The van der Waals surface area contributed by atoms with Gasteiger partial charge in [-0.3, -0.25) is 10.1 Å². The summed E-state index contributed by atoms with van der Waals surface area (Å²) in [7, 11) is 0. The van der Waals surface area contributed by atoms with Gasteiger partial charge in [-0.1, -0.05) is 12.1 Å². The molecule has 2 N–H and O–H groups in total. The second-order valence-electron chi connectivity index (χ2n) is 7.16. The summed E-state index contributed by atoms with van der Waals surface area (Å²) >= 11 is 0. The molecule has 148 valence electrons. The first-order chi connectivity index (χ1) is 15.3. The number of nitrogens with zero attached hydrogens (tertiary/aromatic N) is 5. The Labute approximate surface area is 175 Å². The van der Waals surface area contributed by atoms with Crippen molar-refractivity contribution in [2.75, 3.05) is 0 Å². The molecule has 8 heteroatoms. The lowest BCUT2D eigenvalue weighted by Gasteiger charge is -2.02. The van der Waals surface area contributed by atoms with Crippen molar-refractivity contribution in [1.29, 1.82) is 0 Å². The molecular formula is C23H14FN7. The lowest BCUT2D eigenvalue weighted by Crippen LogP contribution is -1.85. The molecule has 0 fully saturated rings. The van der Waals surface area contributed by atoms with Gasteiger partial charge in [0.05, 0.1) is 17.4 Å². The fourth-order valence-corrected chi connectivity index (χ4v) is 3.78. The average molecular weight is 407 g/mol. The highest BCUT2D eigenvalue weighted by atomic mass is 19.1. The average Bonchev–Trinajstić information content (AvgIpc) is 3.43. The fourth-order valence-electron chi connectivity index (χ4n) is 3.78. The summed E-state index contributed by atoms with van der Waals surface area (Å²) in [6.07, 6.45) is 10.2. The molecule has 5 aromatic heterocycles. The number of benzene rings is 1. The molecule has 0 aliphatic heterocycles. The normalized spacial score (nSPS) is 11.4. The van der Waals surface area contributed by atoms with Crippen LogP contribution >= 0.6 is 0 Å². The van der Waals surface area contributed by atoms with Gasteiger partial charge < -0.3 is 4.98 Å². The number of fused-ring (bicyclic) bond motifs is 2. The number of aromatic amines is 2. The molecule has 0 atom stereocenters. The number of halogens is 1. The first kappa shape index (κ1) is 17.4. The number of pyridine rings is 2. The third-order valence-electron chi connectivity index (χ3n) is 5.25. The summed E-state index contributed by atoms with van der Waals surface area (Å²) < 4.78 is 13.8. The highest BCUT2D eigenvalue weighted by Gasteiger charge is 2.15. The molecule has 0 unspecified atom stereocenters. The summed E-state index contributed by atoms with van der Waals surface area (Å²) in [6.45, 7) is 0. The van der Waals surface area contributed by atoms with Crippen molar-refractivity contribution in [1.82, 2.24) is 35.1 Å². The molecule has 0 saturated heterocycles. The predicted octanol–water partition coefficient (Wildman–Crippen LogP) is 4.76. The molecule has 6 aromatic rings. The van der Waals surface area contributed by atoms with Crippen LogP contribution < -0.4 is 0 Å². The molecule has 1 aromatic carbocycles. The fraction of sp³-hybridized carbons (Fsp3) is 0. The Kier molecular flexibility index (Phi) is 3.82. The van der Waals surface area contributed by atoms with Gasteiger partial charge in [-0.15, -0.1) is 0 Å². The molecule has 7 nitrogen and oxygen atoms in total. The minimum Gasteiger partial charge on any atom is -0.352 e. The van der Waals surface area contributed by atoms with E-state index in [0.29, 0.717) is 5.65 Å². The number of rotatable bonds is 3. The van der Waals surface area contributed by atoms with Crippen LogP contribution in [-0.2, 0) is 0 Å². The first-order valence-electron chi connectivity index (χ1n) is 9.59. The highest BCUT2D eigenvalue weighted by Crippen LogP contribution is 2.34. The van der Waals surface area contributed by atoms with E-state index in [0.717, 1.165) is 49.9 Å². The van der Waals surface area contributed by atoms with E-state index in [1.807, 2.05) is 18.2 Å². The zero-order chi connectivity index (χ0) is 20.8. The number of nitrogens with one attached hydrogen (secondary N) is 2. The minimum absolute atomic E-state index is 0.285. The number of H-pyrrole nitrogens is 2. The van der Waals surface area contributed by atoms with Gasteiger partial charge in [-0.25, -0.2) is 19.3 Å². The van der Waals surface area contributed by atoms with E-state index in [-0.39, 0.29) is 5.82 Å². The largest absolute Gasteiger partial charge is 0.352 e. The van der Waals surface area contributed by atoms with Crippen molar-refractivity contribution in [2.45, 2.75) is 0 Å². The van der Waals surface area contributed by atoms with E-state index < -0.39 is 0 Å². The topological polar surface area (TPSA) is 96.0 Å². The minimum atomic E-state index is -0.285. The van der Waals surface area contributed by atoms with Gasteiger partial charge in [0, 0.05) is 52.3 Å². The van der Waals surface area contributed by atoms with Crippen molar-refractivity contribution < 1.29 is 4.39 Å². The molecule has 5 heterocycles. The second-order valence-corrected chi connectivity index (χ2v) is 7.16. The van der Waals surface area contributed by atoms with Crippen LogP contribution in [0.1, 0.15) is 0 Å². The standard InChI is InChI=1S/C23H14FN7/c24-16-3-1-2-13(4-16)19-10-25-11-21-17(19)6-20(29-21)22-18-5-14(9-28-23(18)31-30-22)15-7-26-12-27-8-15/h1-12,29H,(H,28,30,31). The van der Waals surface area contributed by atoms with Crippen molar-refractivity contribution in [2.24, 2.45) is 0 Å². The Morgan fingerprint density at radius 2 is 1.68 bits per heavy atom. The maximum Gasteiger partial charge on any atom is 0.155 e. The van der Waals surface area contributed by atoms with Gasteiger partial charge in [0.15, 0.2) is 5.65 Å². The van der Waals surface area contributed by atoms with Crippen LogP contribution in [0.3, 0.4) is 0 Å². The monoisotopic (exact) mass is 407 g/mol. The van der Waals surface area contributed by atoms with Crippen molar-refractivity contribution in [3.8, 4) is 33.6 Å². The maximum atomic E-state index is 13.8. The van der Waals surface area contributed by atoms with Crippen molar-refractivity contribution in [3.05, 3.63) is 79.5 Å². The summed E-state index contributed by atoms with van der Waals surface area (Å²) in [6, 6.07) is 10.5. The van der Waals surface area contributed by atoms with E-state index in [1.165, 1.54) is 18.5 Å². The number of hydrogen-bond donors (Lipinski definition) is 2. The SMILES string of the molecule is Fc1cccc(-c2cncc3[nH]c(-c4n[nH]c5ncc(-c6cncnc6)cc45)cc23)c1. The molecule has 0 saturated carbocycles. The predicted molar refractivity (Wildman–Crippen MR) is 115 cm³/mol. The Bertz CT molecular complexity index is 1550. The Morgan fingerprint density at radius 1 is 0.774 bits per heavy atom. The maximum absolute atomic E-state index is 13.8. The van der Waals surface area contributed by atoms with Gasteiger partial charge in [-0.2, -0.15) is 5.10 Å². The van der Waals surface area contributed by atoms with Gasteiger partial charge in [-0.05, 0) is 29.8 Å². The molecular weight excluding hydrogens is 393 g/mol. The molecule has 0 bridgehead atoms. The zero-order valence-electron chi connectivity index (χ0n) is 16.0. The third-order valence-corrected chi connectivity index (χ3v) is 5.25. The van der Waals surface area contributed by atoms with Gasteiger partial charge in [0.1, 0.15) is 17.8 Å². The molecule has 31 heavy (non-hydrogen) atoms. The van der Waals surface area contributed by atoms with Crippen molar-refractivity contribution in [3.63, 3.8) is 0 Å². The van der Waals surface area contributed by atoms with E-state index >= 15 is 0 Å². The van der Waals surface area contributed by atoms with Gasteiger partial charge >= 0.3 is 0 Å². The molecule has 0 radical (unpaired) electrons.